The van der Waals surface area contributed by atoms with E-state index in [1.807, 2.05) is 70.3 Å². The van der Waals surface area contributed by atoms with Gasteiger partial charge in [-0.3, -0.25) is 19.1 Å². The molecule has 3 aromatic heterocycles. The average Bonchev–Trinajstić information content (AvgIpc) is 3.54. The summed E-state index contributed by atoms with van der Waals surface area (Å²) in [5.41, 5.74) is 3.60. The minimum Gasteiger partial charge on any atom is -0.284 e. The Balaban J connectivity index is 1.75. The summed E-state index contributed by atoms with van der Waals surface area (Å²) >= 11 is 0. The SMILES string of the molecule is C(#Cn1cccc1)c1c2ccccc2c(C#Cn2cccc2)c2cc3nccnc3cc12. The van der Waals surface area contributed by atoms with Crippen molar-refractivity contribution >= 4 is 32.6 Å². The molecule has 0 amide bonds. The van der Waals surface area contributed by atoms with Crippen LogP contribution in [0.15, 0.2) is 97.8 Å². The lowest BCUT2D eigenvalue weighted by Crippen LogP contribution is -1.94. The Morgan fingerprint density at radius 2 is 0.969 bits per heavy atom. The van der Waals surface area contributed by atoms with Crippen LogP contribution in [0.5, 0.6) is 0 Å². The Bertz CT molecular complexity index is 1590. The minimum atomic E-state index is 0.837. The molecule has 0 bridgehead atoms. The number of benzene rings is 3. The third-order valence-corrected chi connectivity index (χ3v) is 5.44. The molecule has 0 spiro atoms. The van der Waals surface area contributed by atoms with Crippen LogP contribution in [-0.2, 0) is 0 Å². The van der Waals surface area contributed by atoms with E-state index in [0.717, 1.165) is 43.7 Å². The Kier molecular flexibility index (Phi) is 4.20. The summed E-state index contributed by atoms with van der Waals surface area (Å²) in [5.74, 6) is 6.81. The van der Waals surface area contributed by atoms with Crippen molar-refractivity contribution in [2.24, 2.45) is 0 Å². The van der Waals surface area contributed by atoms with Gasteiger partial charge in [-0.1, -0.05) is 24.3 Å². The zero-order valence-electron chi connectivity index (χ0n) is 17.0. The van der Waals surface area contributed by atoms with Gasteiger partial charge in [0, 0.05) is 71.2 Å². The van der Waals surface area contributed by atoms with Crippen LogP contribution in [0.2, 0.25) is 0 Å². The molecule has 148 valence electrons. The standard InChI is InChI=1S/C28H16N4/c1-2-8-22-21(7-1)23(9-17-31-13-3-4-14-31)25-19-27-28(30-12-11-29-27)20-26(25)24(22)10-18-32-15-5-6-16-32/h1-8,11-16,19-20H. The normalized spacial score (nSPS) is 10.6. The van der Waals surface area contributed by atoms with Gasteiger partial charge in [-0.2, -0.15) is 0 Å². The Hall–Kier alpha value is -4.80. The van der Waals surface area contributed by atoms with Gasteiger partial charge in [0.2, 0.25) is 0 Å². The smallest absolute Gasteiger partial charge is 0.0893 e. The van der Waals surface area contributed by atoms with Crippen molar-refractivity contribution in [3.63, 3.8) is 0 Å². The van der Waals surface area contributed by atoms with Crippen LogP contribution in [0.25, 0.3) is 32.6 Å². The van der Waals surface area contributed by atoms with Crippen LogP contribution in [0.4, 0.5) is 0 Å². The number of hydrogen-bond acceptors (Lipinski definition) is 2. The molecule has 0 saturated carbocycles. The summed E-state index contributed by atoms with van der Waals surface area (Å²) in [6.45, 7) is 0. The first-order valence-electron chi connectivity index (χ1n) is 10.3. The maximum Gasteiger partial charge on any atom is 0.0893 e. The molecule has 0 radical (unpaired) electrons. The van der Waals surface area contributed by atoms with Crippen LogP contribution < -0.4 is 0 Å². The van der Waals surface area contributed by atoms with E-state index in [4.69, 9.17) is 0 Å². The molecule has 0 fully saturated rings. The Labute approximate surface area is 184 Å². The van der Waals surface area contributed by atoms with E-state index in [2.05, 4.69) is 58.2 Å². The van der Waals surface area contributed by atoms with Gasteiger partial charge in [0.1, 0.15) is 0 Å². The molecule has 0 aliphatic heterocycles. The van der Waals surface area contributed by atoms with E-state index >= 15 is 0 Å². The fraction of sp³-hybridized carbons (Fsp3) is 0. The lowest BCUT2D eigenvalue weighted by Gasteiger charge is -2.11. The molecule has 0 aliphatic carbocycles. The number of fused-ring (bicyclic) bond motifs is 3. The largest absolute Gasteiger partial charge is 0.284 e. The zero-order chi connectivity index (χ0) is 21.3. The monoisotopic (exact) mass is 408 g/mol. The second-order valence-corrected chi connectivity index (χ2v) is 7.39. The van der Waals surface area contributed by atoms with Gasteiger partial charge in [-0.15, -0.1) is 0 Å². The second-order valence-electron chi connectivity index (χ2n) is 7.39. The highest BCUT2D eigenvalue weighted by Crippen LogP contribution is 2.34. The highest BCUT2D eigenvalue weighted by atomic mass is 14.9. The summed E-state index contributed by atoms with van der Waals surface area (Å²) in [4.78, 5) is 9.05. The van der Waals surface area contributed by atoms with E-state index < -0.39 is 0 Å². The summed E-state index contributed by atoms with van der Waals surface area (Å²) in [6.07, 6.45) is 11.2. The molecule has 32 heavy (non-hydrogen) atoms. The van der Waals surface area contributed by atoms with Crippen molar-refractivity contribution in [1.82, 2.24) is 19.1 Å². The van der Waals surface area contributed by atoms with Crippen LogP contribution in [0.3, 0.4) is 0 Å². The molecule has 0 atom stereocenters. The van der Waals surface area contributed by atoms with Crippen molar-refractivity contribution in [1.29, 1.82) is 0 Å². The van der Waals surface area contributed by atoms with Gasteiger partial charge < -0.3 is 0 Å². The van der Waals surface area contributed by atoms with Gasteiger partial charge in [-0.25, -0.2) is 0 Å². The molecular formula is C28H16N4. The highest BCUT2D eigenvalue weighted by molar-refractivity contribution is 6.12. The third-order valence-electron chi connectivity index (χ3n) is 5.44. The third kappa shape index (κ3) is 3.08. The fourth-order valence-electron chi connectivity index (χ4n) is 3.96. The Morgan fingerprint density at radius 1 is 0.531 bits per heavy atom. The van der Waals surface area contributed by atoms with Crippen LogP contribution in [-0.4, -0.2) is 19.1 Å². The van der Waals surface area contributed by atoms with Crippen LogP contribution in [0, 0.1) is 23.9 Å². The number of nitrogens with zero attached hydrogens (tertiary/aromatic N) is 4. The van der Waals surface area contributed by atoms with Crippen molar-refractivity contribution in [3.8, 4) is 23.9 Å². The van der Waals surface area contributed by atoms with Crippen molar-refractivity contribution in [3.05, 3.63) is 109 Å². The Morgan fingerprint density at radius 3 is 1.41 bits per heavy atom. The molecule has 6 rings (SSSR count). The molecule has 0 saturated heterocycles. The summed E-state index contributed by atoms with van der Waals surface area (Å²) < 4.78 is 3.72. The lowest BCUT2D eigenvalue weighted by atomic mass is 9.91. The zero-order valence-corrected chi connectivity index (χ0v) is 17.0. The number of aromatic nitrogens is 4. The van der Waals surface area contributed by atoms with Crippen molar-refractivity contribution in [2.45, 2.75) is 0 Å². The summed E-state index contributed by atoms with van der Waals surface area (Å²) in [5, 5.41) is 4.18. The molecule has 3 aromatic carbocycles. The van der Waals surface area contributed by atoms with Gasteiger partial charge in [0.15, 0.2) is 0 Å². The molecule has 0 unspecified atom stereocenters. The highest BCUT2D eigenvalue weighted by Gasteiger charge is 2.13. The van der Waals surface area contributed by atoms with E-state index in [0.29, 0.717) is 0 Å². The first-order chi connectivity index (χ1) is 15.9. The topological polar surface area (TPSA) is 35.6 Å². The lowest BCUT2D eigenvalue weighted by molar-refractivity contribution is 1.14. The predicted molar refractivity (Wildman–Crippen MR) is 128 cm³/mol. The van der Waals surface area contributed by atoms with E-state index in [-0.39, 0.29) is 0 Å². The first kappa shape index (κ1) is 18.0. The quantitative estimate of drug-likeness (QED) is 0.254. The molecule has 4 nitrogen and oxygen atoms in total. The van der Waals surface area contributed by atoms with Crippen molar-refractivity contribution < 1.29 is 0 Å². The second kappa shape index (κ2) is 7.47. The minimum absolute atomic E-state index is 0.837. The molecule has 4 heteroatoms. The molecular weight excluding hydrogens is 392 g/mol. The van der Waals surface area contributed by atoms with E-state index in [1.54, 1.807) is 12.4 Å². The molecule has 3 heterocycles. The van der Waals surface area contributed by atoms with E-state index in [9.17, 15) is 0 Å². The maximum atomic E-state index is 4.52. The first-order valence-corrected chi connectivity index (χ1v) is 10.3. The van der Waals surface area contributed by atoms with Crippen molar-refractivity contribution in [2.75, 3.05) is 0 Å². The molecule has 0 aliphatic rings. The average molecular weight is 408 g/mol. The van der Waals surface area contributed by atoms with Crippen LogP contribution >= 0.6 is 0 Å². The molecule has 6 aromatic rings. The predicted octanol–water partition coefficient (Wildman–Crippen LogP) is 5.25. The van der Waals surface area contributed by atoms with Gasteiger partial charge in [0.25, 0.3) is 0 Å². The van der Waals surface area contributed by atoms with Gasteiger partial charge in [-0.05, 0) is 59.0 Å². The van der Waals surface area contributed by atoms with Gasteiger partial charge >= 0.3 is 0 Å². The van der Waals surface area contributed by atoms with Gasteiger partial charge in [0.05, 0.1) is 11.0 Å². The summed E-state index contributed by atoms with van der Waals surface area (Å²) in [6, 6.07) is 26.8. The summed E-state index contributed by atoms with van der Waals surface area (Å²) in [7, 11) is 0. The van der Waals surface area contributed by atoms with Crippen LogP contribution in [0.1, 0.15) is 11.1 Å². The molecule has 0 N–H and O–H groups in total. The maximum absolute atomic E-state index is 4.52. The van der Waals surface area contributed by atoms with E-state index in [1.165, 1.54) is 0 Å². The number of hydrogen-bond donors (Lipinski definition) is 0. The fourth-order valence-corrected chi connectivity index (χ4v) is 3.96. The number of rotatable bonds is 0.